The van der Waals surface area contributed by atoms with E-state index in [0.717, 1.165) is 25.7 Å². The lowest BCUT2D eigenvalue weighted by Crippen LogP contribution is -2.57. The molecule has 0 aromatic heterocycles. The van der Waals surface area contributed by atoms with Gasteiger partial charge in [-0.1, -0.05) is 27.2 Å². The molecule has 0 aromatic rings. The van der Waals surface area contributed by atoms with Crippen molar-refractivity contribution in [1.82, 2.24) is 0 Å². The van der Waals surface area contributed by atoms with Gasteiger partial charge in [0.25, 0.3) is 0 Å². The fraction of sp³-hybridized carbons (Fsp3) is 1.00. The van der Waals surface area contributed by atoms with Crippen LogP contribution in [0.3, 0.4) is 0 Å². The number of fused-ring (bicyclic) bond motifs is 1. The summed E-state index contributed by atoms with van der Waals surface area (Å²) in [5.41, 5.74) is -0.348. The molecule has 0 unspecified atom stereocenters. The number of alkyl halides is 1. The minimum absolute atomic E-state index is 0.170. The average Bonchev–Trinajstić information content (AvgIpc) is 1.95. The molecule has 0 saturated heterocycles. The van der Waals surface area contributed by atoms with Crippen molar-refractivity contribution in [1.29, 1.82) is 0 Å². The summed E-state index contributed by atoms with van der Waals surface area (Å²) in [6.07, 6.45) is 5.14. The van der Waals surface area contributed by atoms with Crippen LogP contribution in [0.4, 0.5) is 0 Å². The highest BCUT2D eigenvalue weighted by Crippen LogP contribution is 2.58. The zero-order chi connectivity index (χ0) is 12.2. The number of halogens is 1. The van der Waals surface area contributed by atoms with Crippen LogP contribution < -0.4 is 0 Å². The second-order valence-electron chi connectivity index (χ2n) is 7.30. The van der Waals surface area contributed by atoms with E-state index in [2.05, 4.69) is 27.7 Å². The predicted molar refractivity (Wildman–Crippen MR) is 68.7 cm³/mol. The van der Waals surface area contributed by atoms with Gasteiger partial charge in [-0.2, -0.15) is 0 Å². The van der Waals surface area contributed by atoms with Crippen LogP contribution in [0.2, 0.25) is 0 Å². The Bertz CT molecular complexity index is 284. The van der Waals surface area contributed by atoms with E-state index < -0.39 is 5.60 Å². The van der Waals surface area contributed by atoms with E-state index in [1.807, 2.05) is 0 Å². The molecular formula is C14H25ClO. The maximum Gasteiger partial charge on any atom is 0.0700 e. The SMILES string of the molecule is C[C@@H]1CC[C@H]2C(C)(C)C[C@@](C)(Cl)C[C@]2(O)C1. The molecule has 0 heterocycles. The van der Waals surface area contributed by atoms with Gasteiger partial charge >= 0.3 is 0 Å². The smallest absolute Gasteiger partial charge is 0.0700 e. The van der Waals surface area contributed by atoms with Crippen molar-refractivity contribution in [3.63, 3.8) is 0 Å². The molecule has 0 aromatic carbocycles. The molecule has 0 amide bonds. The monoisotopic (exact) mass is 244 g/mol. The zero-order valence-corrected chi connectivity index (χ0v) is 11.8. The standard InChI is InChI=1S/C14H25ClO/c1-10-5-6-11-12(2,3)8-13(4,15)9-14(11,16)7-10/h10-11,16H,5-9H2,1-4H3/t10-,11+,13-,14-/m1/s1. The molecule has 0 radical (unpaired) electrons. The Kier molecular flexibility index (Phi) is 2.87. The highest BCUT2D eigenvalue weighted by atomic mass is 35.5. The lowest BCUT2D eigenvalue weighted by atomic mass is 9.53. The van der Waals surface area contributed by atoms with E-state index in [1.165, 1.54) is 6.42 Å². The van der Waals surface area contributed by atoms with Crippen LogP contribution >= 0.6 is 11.6 Å². The topological polar surface area (TPSA) is 20.2 Å². The number of hydrogen-bond donors (Lipinski definition) is 1. The molecule has 16 heavy (non-hydrogen) atoms. The molecule has 2 aliphatic rings. The van der Waals surface area contributed by atoms with Crippen LogP contribution in [0.25, 0.3) is 0 Å². The van der Waals surface area contributed by atoms with Crippen molar-refractivity contribution in [2.75, 3.05) is 0 Å². The van der Waals surface area contributed by atoms with Crippen LogP contribution in [0.1, 0.15) is 59.8 Å². The third-order valence-corrected chi connectivity index (χ3v) is 5.01. The van der Waals surface area contributed by atoms with E-state index in [1.54, 1.807) is 0 Å². The molecule has 4 atom stereocenters. The summed E-state index contributed by atoms with van der Waals surface area (Å²) in [4.78, 5) is -0.230. The van der Waals surface area contributed by atoms with Gasteiger partial charge in [0.1, 0.15) is 0 Å². The summed E-state index contributed by atoms with van der Waals surface area (Å²) in [6, 6.07) is 0. The van der Waals surface area contributed by atoms with Gasteiger partial charge in [0, 0.05) is 4.87 Å². The molecule has 2 saturated carbocycles. The van der Waals surface area contributed by atoms with Gasteiger partial charge in [-0.15, -0.1) is 11.6 Å². The van der Waals surface area contributed by atoms with Gasteiger partial charge in [0.15, 0.2) is 0 Å². The Morgan fingerprint density at radius 1 is 1.12 bits per heavy atom. The first-order valence-corrected chi connectivity index (χ1v) is 6.94. The first-order valence-electron chi connectivity index (χ1n) is 6.56. The Morgan fingerprint density at radius 2 is 1.75 bits per heavy atom. The molecule has 2 fully saturated rings. The van der Waals surface area contributed by atoms with E-state index in [4.69, 9.17) is 11.6 Å². The van der Waals surface area contributed by atoms with E-state index in [-0.39, 0.29) is 10.3 Å². The summed E-state index contributed by atoms with van der Waals surface area (Å²) in [7, 11) is 0. The minimum Gasteiger partial charge on any atom is -0.390 e. The minimum atomic E-state index is -0.518. The van der Waals surface area contributed by atoms with Crippen molar-refractivity contribution in [2.24, 2.45) is 17.3 Å². The zero-order valence-electron chi connectivity index (χ0n) is 11.0. The summed E-state index contributed by atoms with van der Waals surface area (Å²) >= 11 is 6.55. The van der Waals surface area contributed by atoms with E-state index in [0.29, 0.717) is 11.8 Å². The van der Waals surface area contributed by atoms with Crippen LogP contribution in [0.15, 0.2) is 0 Å². The van der Waals surface area contributed by atoms with Gasteiger partial charge in [-0.3, -0.25) is 0 Å². The maximum absolute atomic E-state index is 10.9. The molecule has 0 bridgehead atoms. The van der Waals surface area contributed by atoms with Gasteiger partial charge in [-0.05, 0) is 49.9 Å². The van der Waals surface area contributed by atoms with Gasteiger partial charge in [0.05, 0.1) is 5.60 Å². The van der Waals surface area contributed by atoms with Crippen molar-refractivity contribution < 1.29 is 5.11 Å². The quantitative estimate of drug-likeness (QED) is 0.640. The second-order valence-corrected chi connectivity index (χ2v) is 8.21. The molecule has 2 aliphatic carbocycles. The highest BCUT2D eigenvalue weighted by Gasteiger charge is 2.56. The largest absolute Gasteiger partial charge is 0.390 e. The third kappa shape index (κ3) is 2.13. The molecule has 1 nitrogen and oxygen atoms in total. The predicted octanol–water partition coefficient (Wildman–Crippen LogP) is 3.97. The number of rotatable bonds is 0. The van der Waals surface area contributed by atoms with Crippen molar-refractivity contribution >= 4 is 11.6 Å². The van der Waals surface area contributed by atoms with E-state index in [9.17, 15) is 5.11 Å². The Balaban J connectivity index is 2.31. The summed E-state index contributed by atoms with van der Waals surface area (Å²) < 4.78 is 0. The first kappa shape index (κ1) is 12.7. The summed E-state index contributed by atoms with van der Waals surface area (Å²) in [5.74, 6) is 1.07. The fourth-order valence-corrected chi connectivity index (χ4v) is 5.23. The molecule has 2 heteroatoms. The lowest BCUT2D eigenvalue weighted by Gasteiger charge is -2.57. The molecular weight excluding hydrogens is 220 g/mol. The number of aliphatic hydroxyl groups is 1. The summed E-state index contributed by atoms with van der Waals surface area (Å²) in [6.45, 7) is 8.89. The molecule has 94 valence electrons. The summed E-state index contributed by atoms with van der Waals surface area (Å²) in [5, 5.41) is 10.9. The molecule has 0 spiro atoms. The number of hydrogen-bond acceptors (Lipinski definition) is 1. The van der Waals surface area contributed by atoms with Gasteiger partial charge < -0.3 is 5.11 Å². The average molecular weight is 245 g/mol. The maximum atomic E-state index is 10.9. The van der Waals surface area contributed by atoms with Crippen molar-refractivity contribution in [2.45, 2.75) is 70.3 Å². The van der Waals surface area contributed by atoms with Crippen LogP contribution in [-0.4, -0.2) is 15.6 Å². The molecule has 2 rings (SSSR count). The second kappa shape index (κ2) is 3.62. The molecule has 0 aliphatic heterocycles. The van der Waals surface area contributed by atoms with Gasteiger partial charge in [0.2, 0.25) is 0 Å². The first-order chi connectivity index (χ1) is 7.15. The fourth-order valence-electron chi connectivity index (χ4n) is 4.66. The highest BCUT2D eigenvalue weighted by molar-refractivity contribution is 6.23. The van der Waals surface area contributed by atoms with Crippen LogP contribution in [0, 0.1) is 17.3 Å². The van der Waals surface area contributed by atoms with Crippen LogP contribution in [0.5, 0.6) is 0 Å². The Labute approximate surface area is 105 Å². The van der Waals surface area contributed by atoms with Crippen molar-refractivity contribution in [3.05, 3.63) is 0 Å². The Hall–Kier alpha value is 0.250. The Morgan fingerprint density at radius 3 is 2.38 bits per heavy atom. The molecule has 1 N–H and O–H groups in total. The van der Waals surface area contributed by atoms with Crippen molar-refractivity contribution in [3.8, 4) is 0 Å². The lowest BCUT2D eigenvalue weighted by molar-refractivity contribution is -0.145. The van der Waals surface area contributed by atoms with Gasteiger partial charge in [-0.25, -0.2) is 0 Å². The van der Waals surface area contributed by atoms with Crippen LogP contribution in [-0.2, 0) is 0 Å². The normalized spacial score (nSPS) is 52.1. The van der Waals surface area contributed by atoms with E-state index >= 15 is 0 Å². The third-order valence-electron chi connectivity index (χ3n) is 4.74.